The van der Waals surface area contributed by atoms with Crippen LogP contribution < -0.4 is 80.6 Å². The first-order valence-corrected chi connectivity index (χ1v) is 27.5. The summed E-state index contributed by atoms with van der Waals surface area (Å²) in [5, 5.41) is 0. The molecular formula is C62H92F12N6Sb2. The molecule has 6 nitrogen and oxygen atoms in total. The van der Waals surface area contributed by atoms with Crippen LogP contribution in [0.25, 0.3) is 0 Å². The van der Waals surface area contributed by atoms with Crippen LogP contribution in [-0.2, 0) is 0 Å². The van der Waals surface area contributed by atoms with Crippen molar-refractivity contribution in [3.05, 3.63) is 121 Å². The van der Waals surface area contributed by atoms with Gasteiger partial charge in [0.1, 0.15) is 13.1 Å². The standard InChI is InChI=1S/C62H92N6.12FH.2Sb/c1-9-17-45-63(46-18-10-2)53-25-33-57(34-26-53)67(58-35-27-54(28-36-58)64(47-19-11-3)48-20-12-4)61-41-43-62(44-42-61)68(59-37-29-55(30-38-59)65(49-21-13-5)50-22-14-6)60-39-31-56(32-40-60)66(51-23-15-7)52-24-16-8;;;;;;;;;;;;;;/h25-44H,9-24,45-52H2,1-8H3;12*1H;;/q+2;;;;;;;;;;;;;2*+5/p-12. The van der Waals surface area contributed by atoms with E-state index in [0.29, 0.717) is 0 Å². The van der Waals surface area contributed by atoms with E-state index in [1.807, 2.05) is 0 Å². The third-order valence-electron chi connectivity index (χ3n) is 13.5. The van der Waals surface area contributed by atoms with Gasteiger partial charge in [0.2, 0.25) is 17.1 Å². The minimum atomic E-state index is 0. The molecule has 0 N–H and O–H groups in total. The molecule has 0 heterocycles. The number of anilines is 6. The summed E-state index contributed by atoms with van der Waals surface area (Å²) in [4.78, 5) is 10.2. The first-order chi connectivity index (χ1) is 33.4. The SMILES string of the molecule is CCCCN(CCCC)c1ccc(N(c2ccc(N(CCCC)CCCC)cc2)c2ccc([N+](=C3C=CC(=[N+](CCCC)CCCC)C=C3)c3ccc(N(CCCC)CCCC)cc3)cc2)cc1.[F-].[F-].[F-].[F-].[F-].[F-].[F-].[F-].[F-].[F-].[F-].[F-].[Sb+5].[Sb+5]. The predicted molar refractivity (Wildman–Crippen MR) is 315 cm³/mol. The molecule has 0 atom stereocenters. The molecule has 4 aromatic rings. The number of hydrogen-bond acceptors (Lipinski definition) is 4. The molecule has 0 aliphatic heterocycles. The van der Waals surface area contributed by atoms with Gasteiger partial charge >= 0.3 is 48.9 Å². The van der Waals surface area contributed by atoms with E-state index in [2.05, 4.69) is 206 Å². The van der Waals surface area contributed by atoms with Gasteiger partial charge in [-0.05, 0) is 111 Å². The molecule has 4 aromatic carbocycles. The fourth-order valence-electron chi connectivity index (χ4n) is 9.17. The second-order valence-corrected chi connectivity index (χ2v) is 19.0. The minimum absolute atomic E-state index is 0. The first kappa shape index (κ1) is 99.7. The van der Waals surface area contributed by atoms with E-state index >= 15 is 0 Å². The topological polar surface area (TPSA) is 19.0 Å². The Balaban J connectivity index is -0.000000463. The van der Waals surface area contributed by atoms with Crippen LogP contribution in [0.15, 0.2) is 121 Å². The molecule has 0 aromatic heterocycles. The number of halogens is 12. The molecule has 0 amide bonds. The van der Waals surface area contributed by atoms with Gasteiger partial charge in [-0.2, -0.15) is 4.58 Å². The Kier molecular flexibility index (Phi) is 69.5. The molecule has 82 heavy (non-hydrogen) atoms. The van der Waals surface area contributed by atoms with Crippen molar-refractivity contribution in [1.82, 2.24) is 4.58 Å². The van der Waals surface area contributed by atoms with Crippen molar-refractivity contribution in [2.45, 2.75) is 158 Å². The number of benzene rings is 4. The third kappa shape index (κ3) is 30.5. The Bertz CT molecular complexity index is 2070. The Morgan fingerprint density at radius 3 is 0.720 bits per heavy atom. The van der Waals surface area contributed by atoms with E-state index in [1.54, 1.807) is 0 Å². The fourth-order valence-corrected chi connectivity index (χ4v) is 9.17. The molecule has 0 fully saturated rings. The molecule has 0 bridgehead atoms. The normalized spacial score (nSPS) is 10.1. The molecule has 0 spiro atoms. The molecule has 1 aliphatic carbocycles. The fraction of sp³-hybridized carbons (Fsp3) is 0.516. The Morgan fingerprint density at radius 2 is 0.476 bits per heavy atom. The number of rotatable bonds is 32. The van der Waals surface area contributed by atoms with E-state index < -0.39 is 0 Å². The zero-order valence-corrected chi connectivity index (χ0v) is 54.7. The van der Waals surface area contributed by atoms with Gasteiger partial charge in [-0.1, -0.05) is 107 Å². The molecule has 1 aliphatic rings. The van der Waals surface area contributed by atoms with Gasteiger partial charge in [-0.15, -0.1) is 0 Å². The molecular weight excluding hydrogens is 1300 g/mol. The van der Waals surface area contributed by atoms with Gasteiger partial charge in [-0.25, -0.2) is 4.58 Å². The van der Waals surface area contributed by atoms with Crippen LogP contribution in [0, 0.1) is 0 Å². The maximum Gasteiger partial charge on any atom is 5.00 e. The van der Waals surface area contributed by atoms with Gasteiger partial charge in [-0.3, -0.25) is 0 Å². The van der Waals surface area contributed by atoms with Gasteiger partial charge in [0, 0.05) is 135 Å². The van der Waals surface area contributed by atoms with Crippen molar-refractivity contribution in [3.8, 4) is 0 Å². The average molecular weight is 1390 g/mol. The zero-order chi connectivity index (χ0) is 48.4. The van der Waals surface area contributed by atoms with E-state index in [1.165, 1.54) is 148 Å². The summed E-state index contributed by atoms with van der Waals surface area (Å²) in [6, 6.07) is 37.4. The quantitative estimate of drug-likeness (QED) is 0.0210. The van der Waals surface area contributed by atoms with E-state index in [4.69, 9.17) is 0 Å². The Morgan fingerprint density at radius 1 is 0.268 bits per heavy atom. The van der Waals surface area contributed by atoms with Crippen LogP contribution in [0.3, 0.4) is 0 Å². The molecule has 20 heteroatoms. The van der Waals surface area contributed by atoms with Crippen LogP contribution in [0.5, 0.6) is 0 Å². The van der Waals surface area contributed by atoms with E-state index in [0.717, 1.165) is 63.7 Å². The minimum Gasteiger partial charge on any atom is -1.00 e. The Labute approximate surface area is 519 Å². The van der Waals surface area contributed by atoms with Crippen molar-refractivity contribution in [1.29, 1.82) is 0 Å². The molecule has 0 radical (unpaired) electrons. The van der Waals surface area contributed by atoms with E-state index in [9.17, 15) is 0 Å². The van der Waals surface area contributed by atoms with Gasteiger partial charge < -0.3 is 76.1 Å². The van der Waals surface area contributed by atoms with Crippen molar-refractivity contribution in [2.75, 3.05) is 72.0 Å². The van der Waals surface area contributed by atoms with Crippen LogP contribution in [-0.4, -0.2) is 117 Å². The average Bonchev–Trinajstić information content (AvgIpc) is 3.38. The smallest absolute Gasteiger partial charge is 1.00 e. The predicted octanol–water partition coefficient (Wildman–Crippen LogP) is -19.9. The van der Waals surface area contributed by atoms with Gasteiger partial charge in [0.05, 0.1) is 0 Å². The summed E-state index contributed by atoms with van der Waals surface area (Å²) < 4.78 is 5.03. The zero-order valence-electron chi connectivity index (χ0n) is 49.6. The van der Waals surface area contributed by atoms with Crippen molar-refractivity contribution in [2.24, 2.45) is 0 Å². The van der Waals surface area contributed by atoms with Gasteiger partial charge in [0.15, 0.2) is 5.71 Å². The first-order valence-electron chi connectivity index (χ1n) is 27.5. The molecule has 0 saturated heterocycles. The van der Waals surface area contributed by atoms with Gasteiger partial charge in [0.25, 0.3) is 0 Å². The Hall–Kier alpha value is -4.30. The van der Waals surface area contributed by atoms with Crippen LogP contribution in [0.2, 0.25) is 0 Å². The van der Waals surface area contributed by atoms with Crippen LogP contribution in [0.1, 0.15) is 158 Å². The number of nitrogens with zero attached hydrogens (tertiary/aromatic N) is 6. The molecule has 464 valence electrons. The second-order valence-electron chi connectivity index (χ2n) is 19.0. The van der Waals surface area contributed by atoms with Crippen molar-refractivity contribution >= 4 is 106 Å². The summed E-state index contributed by atoms with van der Waals surface area (Å²) in [6.45, 7) is 27.1. The summed E-state index contributed by atoms with van der Waals surface area (Å²) in [6.07, 6.45) is 28.7. The van der Waals surface area contributed by atoms with Crippen molar-refractivity contribution in [3.63, 3.8) is 0 Å². The monoisotopic (exact) mass is 1390 g/mol. The third-order valence-corrected chi connectivity index (χ3v) is 13.5. The summed E-state index contributed by atoms with van der Waals surface area (Å²) >= 11 is 0. The summed E-state index contributed by atoms with van der Waals surface area (Å²) in [7, 11) is 0. The number of allylic oxidation sites excluding steroid dienone is 4. The molecule has 5 rings (SSSR count). The molecule has 0 saturated carbocycles. The van der Waals surface area contributed by atoms with Crippen molar-refractivity contribution < 1.29 is 61.0 Å². The van der Waals surface area contributed by atoms with Crippen LogP contribution in [0.4, 0.5) is 45.5 Å². The van der Waals surface area contributed by atoms with Crippen LogP contribution >= 0.6 is 0 Å². The maximum atomic E-state index is 2.58. The van der Waals surface area contributed by atoms with E-state index in [-0.39, 0.29) is 105 Å². The number of hydrogen-bond donors (Lipinski definition) is 0. The largest absolute Gasteiger partial charge is 5.00 e. The molecule has 0 unspecified atom stereocenters. The second kappa shape index (κ2) is 57.1. The number of unbranched alkanes of at least 4 members (excludes halogenated alkanes) is 8. The maximum absolute atomic E-state index is 2.58. The summed E-state index contributed by atoms with van der Waals surface area (Å²) in [5.74, 6) is 0. The summed E-state index contributed by atoms with van der Waals surface area (Å²) in [5.41, 5.74) is 12.2.